The number of hydrogen-bond donors (Lipinski definition) is 2. The molecule has 10 nitrogen and oxygen atoms in total. The molecule has 0 saturated carbocycles. The van der Waals surface area contributed by atoms with E-state index in [-0.39, 0.29) is 5.91 Å². The highest BCUT2D eigenvalue weighted by atomic mass is 16.2. The summed E-state index contributed by atoms with van der Waals surface area (Å²) >= 11 is 0. The molecule has 37 heavy (non-hydrogen) atoms. The minimum atomic E-state index is -0.459. The van der Waals surface area contributed by atoms with Gasteiger partial charge in [-0.1, -0.05) is 29.5 Å². The van der Waals surface area contributed by atoms with Crippen LogP contribution in [0.15, 0.2) is 36.7 Å². The predicted octanol–water partition coefficient (Wildman–Crippen LogP) is 1.91. The Morgan fingerprint density at radius 1 is 1.05 bits per heavy atom. The van der Waals surface area contributed by atoms with E-state index in [1.807, 2.05) is 17.3 Å². The fourth-order valence-electron chi connectivity index (χ4n) is 5.92. The van der Waals surface area contributed by atoms with Crippen LogP contribution in [-0.2, 0) is 30.6 Å². The van der Waals surface area contributed by atoms with Gasteiger partial charge in [-0.25, -0.2) is 9.97 Å². The summed E-state index contributed by atoms with van der Waals surface area (Å²) in [6, 6.07) is 8.94. The van der Waals surface area contributed by atoms with Crippen molar-refractivity contribution in [2.24, 2.45) is 5.41 Å². The highest BCUT2D eigenvalue weighted by Gasteiger charge is 2.36. The summed E-state index contributed by atoms with van der Waals surface area (Å²) in [4.78, 5) is 29.2. The van der Waals surface area contributed by atoms with Crippen molar-refractivity contribution in [2.45, 2.75) is 45.7 Å². The number of fused-ring (bicyclic) bond motifs is 2. The zero-order valence-electron chi connectivity index (χ0n) is 21.7. The predicted molar refractivity (Wildman–Crippen MR) is 141 cm³/mol. The van der Waals surface area contributed by atoms with Gasteiger partial charge >= 0.3 is 0 Å². The number of rotatable bonds is 6. The number of carbonyl (C=O) groups is 1. The number of nitrogens with one attached hydrogen (secondary N) is 2. The lowest BCUT2D eigenvalue weighted by atomic mass is 9.89. The molecule has 2 N–H and O–H groups in total. The van der Waals surface area contributed by atoms with Gasteiger partial charge in [0.25, 0.3) is 0 Å². The first-order valence-electron chi connectivity index (χ1n) is 13.3. The van der Waals surface area contributed by atoms with E-state index in [1.54, 1.807) is 0 Å². The van der Waals surface area contributed by atoms with Crippen LogP contribution in [0.2, 0.25) is 0 Å². The van der Waals surface area contributed by atoms with Crippen molar-refractivity contribution in [3.8, 4) is 0 Å². The van der Waals surface area contributed by atoms with Crippen LogP contribution in [0.1, 0.15) is 36.4 Å². The van der Waals surface area contributed by atoms with Gasteiger partial charge in [-0.3, -0.25) is 14.8 Å². The molecular weight excluding hydrogens is 466 g/mol. The molecule has 3 aromatic rings. The maximum Gasteiger partial charge on any atom is 0.229 e. The van der Waals surface area contributed by atoms with Crippen LogP contribution in [0.3, 0.4) is 0 Å². The van der Waals surface area contributed by atoms with Crippen LogP contribution in [0.25, 0.3) is 0 Å². The number of benzene rings is 1. The van der Waals surface area contributed by atoms with E-state index < -0.39 is 5.41 Å². The van der Waals surface area contributed by atoms with Crippen LogP contribution >= 0.6 is 0 Å². The zero-order chi connectivity index (χ0) is 25.4. The summed E-state index contributed by atoms with van der Waals surface area (Å²) in [5.74, 6) is 0.888. The van der Waals surface area contributed by atoms with Crippen molar-refractivity contribution in [3.63, 3.8) is 0 Å². The lowest BCUT2D eigenvalue weighted by Crippen LogP contribution is -2.54. The summed E-state index contributed by atoms with van der Waals surface area (Å²) in [5.41, 5.74) is 5.48. The first-order chi connectivity index (χ1) is 17.9. The number of piperazine rings is 1. The van der Waals surface area contributed by atoms with Gasteiger partial charge in [0.1, 0.15) is 0 Å². The Balaban J connectivity index is 0.995. The molecule has 1 fully saturated rings. The van der Waals surface area contributed by atoms with Gasteiger partial charge in [-0.15, -0.1) is 5.10 Å². The number of nitrogens with zero attached hydrogens (tertiary/aromatic N) is 7. The Morgan fingerprint density at radius 2 is 1.76 bits per heavy atom. The Bertz CT molecular complexity index is 1220. The van der Waals surface area contributed by atoms with Crippen LogP contribution in [0.5, 0.6) is 0 Å². The summed E-state index contributed by atoms with van der Waals surface area (Å²) in [6.07, 6.45) is 6.70. The third kappa shape index (κ3) is 5.02. The molecule has 1 aliphatic carbocycles. The molecule has 1 aromatic carbocycles. The van der Waals surface area contributed by atoms with E-state index >= 15 is 0 Å². The minimum Gasteiger partial charge on any atom is -0.365 e. The van der Waals surface area contributed by atoms with Crippen molar-refractivity contribution < 1.29 is 4.79 Å². The summed E-state index contributed by atoms with van der Waals surface area (Å²) in [6.45, 7) is 9.46. The van der Waals surface area contributed by atoms with Gasteiger partial charge in [-0.05, 0) is 37.8 Å². The molecule has 0 bridgehead atoms. The Kier molecular flexibility index (Phi) is 6.27. The van der Waals surface area contributed by atoms with Crippen molar-refractivity contribution in [3.05, 3.63) is 59.2 Å². The second-order valence-corrected chi connectivity index (χ2v) is 11.1. The second kappa shape index (κ2) is 9.74. The first kappa shape index (κ1) is 23.8. The molecule has 1 saturated heterocycles. The normalized spacial score (nSPS) is 18.5. The molecule has 2 aliphatic heterocycles. The lowest BCUT2D eigenvalue weighted by Gasteiger charge is -2.41. The van der Waals surface area contributed by atoms with Gasteiger partial charge in [0.2, 0.25) is 11.9 Å². The summed E-state index contributed by atoms with van der Waals surface area (Å²) in [5, 5.41) is 14.6. The molecule has 4 heterocycles. The average Bonchev–Trinajstić information content (AvgIpc) is 3.54. The number of hydrogen-bond acceptors (Lipinski definition) is 8. The van der Waals surface area contributed by atoms with Crippen LogP contribution < -0.4 is 10.2 Å². The molecule has 1 amide bonds. The first-order valence-corrected chi connectivity index (χ1v) is 13.3. The van der Waals surface area contributed by atoms with Gasteiger partial charge in [0.05, 0.1) is 34.9 Å². The van der Waals surface area contributed by atoms with Crippen LogP contribution in [0, 0.1) is 5.41 Å². The second-order valence-electron chi connectivity index (χ2n) is 11.1. The average molecular weight is 502 g/mol. The maximum atomic E-state index is 13.4. The number of aromatic nitrogens is 5. The van der Waals surface area contributed by atoms with E-state index in [0.29, 0.717) is 31.6 Å². The molecule has 0 atom stereocenters. The SMILES string of the molecule is CC(C)(CN1CCc2[nH]nnc2C1)C(=O)N1CCN(c2cnc(NC3Cc4ccccc4C3)nc2)CC1. The maximum absolute atomic E-state index is 13.4. The van der Waals surface area contributed by atoms with E-state index in [9.17, 15) is 4.79 Å². The third-order valence-electron chi connectivity index (χ3n) is 7.91. The topological polar surface area (TPSA) is 106 Å². The number of H-pyrrole nitrogens is 1. The molecule has 0 unspecified atom stereocenters. The largest absolute Gasteiger partial charge is 0.365 e. The third-order valence-corrected chi connectivity index (χ3v) is 7.91. The highest BCUT2D eigenvalue weighted by Crippen LogP contribution is 2.26. The molecule has 10 heteroatoms. The smallest absolute Gasteiger partial charge is 0.229 e. The number of aromatic amines is 1. The molecule has 0 spiro atoms. The van der Waals surface area contributed by atoms with E-state index in [4.69, 9.17) is 0 Å². The fourth-order valence-corrected chi connectivity index (χ4v) is 5.92. The quantitative estimate of drug-likeness (QED) is 0.528. The fraction of sp³-hybridized carbons (Fsp3) is 0.519. The number of carbonyl (C=O) groups excluding carboxylic acids is 1. The van der Waals surface area contributed by atoms with Crippen molar-refractivity contribution in [1.82, 2.24) is 35.2 Å². The summed E-state index contributed by atoms with van der Waals surface area (Å²) < 4.78 is 0. The summed E-state index contributed by atoms with van der Waals surface area (Å²) in [7, 11) is 0. The Labute approximate surface area is 217 Å². The molecule has 6 rings (SSSR count). The number of amides is 1. The zero-order valence-corrected chi connectivity index (χ0v) is 21.7. The van der Waals surface area contributed by atoms with E-state index in [0.717, 1.165) is 62.5 Å². The van der Waals surface area contributed by atoms with Gasteiger partial charge in [0, 0.05) is 58.3 Å². The molecular formula is C27H35N9O. The molecule has 2 aromatic heterocycles. The highest BCUT2D eigenvalue weighted by molar-refractivity contribution is 5.82. The Hall–Kier alpha value is -3.53. The van der Waals surface area contributed by atoms with Gasteiger partial charge in [-0.2, -0.15) is 0 Å². The molecule has 0 radical (unpaired) electrons. The molecule has 194 valence electrons. The van der Waals surface area contributed by atoms with Gasteiger partial charge in [0.15, 0.2) is 0 Å². The monoisotopic (exact) mass is 501 g/mol. The molecule has 3 aliphatic rings. The Morgan fingerprint density at radius 3 is 2.46 bits per heavy atom. The lowest BCUT2D eigenvalue weighted by molar-refractivity contribution is -0.141. The van der Waals surface area contributed by atoms with Crippen molar-refractivity contribution in [2.75, 3.05) is 49.5 Å². The van der Waals surface area contributed by atoms with Gasteiger partial charge < -0.3 is 15.1 Å². The van der Waals surface area contributed by atoms with E-state index in [1.165, 1.54) is 11.1 Å². The van der Waals surface area contributed by atoms with E-state index in [2.05, 4.69) is 78.6 Å². The van der Waals surface area contributed by atoms with Crippen LogP contribution in [-0.4, -0.2) is 86.4 Å². The van der Waals surface area contributed by atoms with Crippen molar-refractivity contribution in [1.29, 1.82) is 0 Å². The van der Waals surface area contributed by atoms with Crippen molar-refractivity contribution >= 4 is 17.5 Å². The minimum absolute atomic E-state index is 0.214. The van der Waals surface area contributed by atoms with Crippen LogP contribution in [0.4, 0.5) is 11.6 Å². The number of anilines is 2. The standard InChI is InChI=1S/C27H35N9O/c1-27(2,18-34-8-7-23-24(17-34)32-33-31-23)25(37)36-11-9-35(10-12-36)22-15-28-26(29-16-22)30-21-13-19-5-3-4-6-20(19)14-21/h3-6,15-16,21H,7-14,17-18H2,1-2H3,(H,28,29,30)(H,31,32,33).